The molecule has 1 heterocycles. The summed E-state index contributed by atoms with van der Waals surface area (Å²) in [6.07, 6.45) is 2.68. The van der Waals surface area contributed by atoms with Crippen molar-refractivity contribution in [2.24, 2.45) is 0 Å². The summed E-state index contributed by atoms with van der Waals surface area (Å²) >= 11 is 5.89. The Morgan fingerprint density at radius 3 is 2.47 bits per heavy atom. The SMILES string of the molecule is CCCc1nc(Cl)c(CCC)n(O)c1=O. The average Bonchev–Trinajstić information content (AvgIpc) is 2.21. The summed E-state index contributed by atoms with van der Waals surface area (Å²) in [4.78, 5) is 15.6. The van der Waals surface area contributed by atoms with E-state index in [2.05, 4.69) is 4.98 Å². The van der Waals surface area contributed by atoms with E-state index >= 15 is 0 Å². The Bertz CT molecular complexity index is 401. The molecule has 0 aliphatic carbocycles. The summed E-state index contributed by atoms with van der Waals surface area (Å²) in [6.45, 7) is 3.89. The van der Waals surface area contributed by atoms with Crippen molar-refractivity contribution < 1.29 is 5.21 Å². The molecule has 1 aromatic rings. The van der Waals surface area contributed by atoms with Crippen LogP contribution in [0.25, 0.3) is 0 Å². The van der Waals surface area contributed by atoms with E-state index in [1.54, 1.807) is 0 Å². The minimum Gasteiger partial charge on any atom is -0.425 e. The number of halogens is 1. The Hall–Kier alpha value is -1.03. The first-order chi connectivity index (χ1) is 7.11. The van der Waals surface area contributed by atoms with E-state index in [4.69, 9.17) is 11.6 Å². The zero-order chi connectivity index (χ0) is 11.4. The van der Waals surface area contributed by atoms with Crippen molar-refractivity contribution in [3.63, 3.8) is 0 Å². The molecule has 0 amide bonds. The zero-order valence-corrected chi connectivity index (χ0v) is 9.71. The van der Waals surface area contributed by atoms with Crippen molar-refractivity contribution >= 4 is 11.6 Å². The van der Waals surface area contributed by atoms with Gasteiger partial charge in [-0.2, -0.15) is 0 Å². The monoisotopic (exact) mass is 230 g/mol. The second-order valence-electron chi connectivity index (χ2n) is 3.41. The molecule has 1 aromatic heterocycles. The Labute approximate surface area is 93.5 Å². The molecule has 1 rings (SSSR count). The van der Waals surface area contributed by atoms with E-state index in [0.29, 0.717) is 29.0 Å². The molecule has 0 aliphatic heterocycles. The van der Waals surface area contributed by atoms with Crippen LogP contribution in [0.15, 0.2) is 4.79 Å². The maximum Gasteiger partial charge on any atom is 0.304 e. The normalized spacial score (nSPS) is 10.6. The third-order valence-corrected chi connectivity index (χ3v) is 2.44. The van der Waals surface area contributed by atoms with Crippen molar-refractivity contribution in [2.45, 2.75) is 39.5 Å². The Morgan fingerprint density at radius 2 is 1.93 bits per heavy atom. The largest absolute Gasteiger partial charge is 0.425 e. The van der Waals surface area contributed by atoms with Gasteiger partial charge in [0, 0.05) is 0 Å². The standard InChI is InChI=1S/C10H15ClN2O2/c1-3-5-7-10(14)13(15)8(6-4-2)9(11)12-7/h15H,3-6H2,1-2H3. The maximum absolute atomic E-state index is 11.6. The number of hydrogen-bond donors (Lipinski definition) is 1. The molecule has 84 valence electrons. The van der Waals surface area contributed by atoms with Gasteiger partial charge in [-0.3, -0.25) is 4.79 Å². The third-order valence-electron chi connectivity index (χ3n) is 2.14. The highest BCUT2D eigenvalue weighted by molar-refractivity contribution is 6.30. The number of aryl methyl sites for hydroxylation is 1. The van der Waals surface area contributed by atoms with E-state index in [0.717, 1.165) is 12.8 Å². The predicted molar refractivity (Wildman–Crippen MR) is 58.7 cm³/mol. The van der Waals surface area contributed by atoms with Crippen LogP contribution in [0.2, 0.25) is 5.15 Å². The molecular formula is C10H15ClN2O2. The molecular weight excluding hydrogens is 216 g/mol. The van der Waals surface area contributed by atoms with Crippen LogP contribution in [0.3, 0.4) is 0 Å². The summed E-state index contributed by atoms with van der Waals surface area (Å²) in [5.41, 5.74) is 0.263. The quantitative estimate of drug-likeness (QED) is 0.806. The van der Waals surface area contributed by atoms with Crippen LogP contribution in [0.4, 0.5) is 0 Å². The van der Waals surface area contributed by atoms with E-state index < -0.39 is 5.56 Å². The molecule has 0 saturated carbocycles. The fraction of sp³-hybridized carbons (Fsp3) is 0.600. The average molecular weight is 231 g/mol. The van der Waals surface area contributed by atoms with Gasteiger partial charge in [0.25, 0.3) is 0 Å². The van der Waals surface area contributed by atoms with E-state index in [1.165, 1.54) is 0 Å². The summed E-state index contributed by atoms with van der Waals surface area (Å²) in [7, 11) is 0. The number of hydrogen-bond acceptors (Lipinski definition) is 3. The topological polar surface area (TPSA) is 55.1 Å². The summed E-state index contributed by atoms with van der Waals surface area (Å²) in [5, 5.41) is 9.82. The molecule has 1 N–H and O–H groups in total. The van der Waals surface area contributed by atoms with Gasteiger partial charge < -0.3 is 5.21 Å². The van der Waals surface area contributed by atoms with Crippen LogP contribution in [0.1, 0.15) is 38.1 Å². The van der Waals surface area contributed by atoms with Crippen LogP contribution >= 0.6 is 11.6 Å². The minimum atomic E-state index is -0.454. The van der Waals surface area contributed by atoms with Crippen molar-refractivity contribution in [1.29, 1.82) is 0 Å². The fourth-order valence-corrected chi connectivity index (χ4v) is 1.69. The number of nitrogens with zero attached hydrogens (tertiary/aromatic N) is 2. The zero-order valence-electron chi connectivity index (χ0n) is 8.96. The number of aromatic nitrogens is 2. The lowest BCUT2D eigenvalue weighted by Gasteiger charge is -2.08. The predicted octanol–water partition coefficient (Wildman–Crippen LogP) is 2.04. The molecule has 0 unspecified atom stereocenters. The van der Waals surface area contributed by atoms with Gasteiger partial charge in [-0.1, -0.05) is 38.3 Å². The third kappa shape index (κ3) is 2.50. The van der Waals surface area contributed by atoms with Crippen molar-refractivity contribution in [1.82, 2.24) is 9.71 Å². The van der Waals surface area contributed by atoms with Crippen molar-refractivity contribution in [3.8, 4) is 0 Å². The van der Waals surface area contributed by atoms with Gasteiger partial charge in [-0.15, -0.1) is 4.73 Å². The van der Waals surface area contributed by atoms with Gasteiger partial charge in [0.1, 0.15) is 5.69 Å². The highest BCUT2D eigenvalue weighted by Crippen LogP contribution is 2.13. The molecule has 0 saturated heterocycles. The highest BCUT2D eigenvalue weighted by atomic mass is 35.5. The maximum atomic E-state index is 11.6. The Kier molecular flexibility index (Phi) is 4.15. The summed E-state index contributed by atoms with van der Waals surface area (Å²) < 4.78 is 0.629. The Balaban J connectivity index is 3.24. The molecule has 0 fully saturated rings. The van der Waals surface area contributed by atoms with Crippen LogP contribution < -0.4 is 5.56 Å². The van der Waals surface area contributed by atoms with Crippen LogP contribution in [-0.4, -0.2) is 14.9 Å². The van der Waals surface area contributed by atoms with Gasteiger partial charge >= 0.3 is 5.56 Å². The first kappa shape index (κ1) is 12.0. The summed E-state index contributed by atoms with van der Waals surface area (Å²) in [6, 6.07) is 0. The fourth-order valence-electron chi connectivity index (χ4n) is 1.41. The molecule has 0 atom stereocenters. The second kappa shape index (κ2) is 5.16. The molecule has 15 heavy (non-hydrogen) atoms. The van der Waals surface area contributed by atoms with Crippen LogP contribution in [0.5, 0.6) is 0 Å². The van der Waals surface area contributed by atoms with E-state index in [9.17, 15) is 10.0 Å². The van der Waals surface area contributed by atoms with Gasteiger partial charge in [0.05, 0.1) is 5.69 Å². The van der Waals surface area contributed by atoms with Crippen molar-refractivity contribution in [2.75, 3.05) is 0 Å². The molecule has 0 aromatic carbocycles. The van der Waals surface area contributed by atoms with Crippen LogP contribution in [-0.2, 0) is 12.8 Å². The van der Waals surface area contributed by atoms with Gasteiger partial charge in [-0.25, -0.2) is 4.98 Å². The molecule has 0 bridgehead atoms. The van der Waals surface area contributed by atoms with E-state index in [1.807, 2.05) is 13.8 Å². The lowest BCUT2D eigenvalue weighted by atomic mass is 10.2. The lowest BCUT2D eigenvalue weighted by molar-refractivity contribution is 0.162. The lowest BCUT2D eigenvalue weighted by Crippen LogP contribution is -2.27. The smallest absolute Gasteiger partial charge is 0.304 e. The first-order valence-electron chi connectivity index (χ1n) is 5.11. The van der Waals surface area contributed by atoms with Gasteiger partial charge in [0.15, 0.2) is 5.15 Å². The molecule has 0 aliphatic rings. The Morgan fingerprint density at radius 1 is 1.33 bits per heavy atom. The summed E-state index contributed by atoms with van der Waals surface area (Å²) in [5.74, 6) is 0. The van der Waals surface area contributed by atoms with Gasteiger partial charge in [0.2, 0.25) is 0 Å². The highest BCUT2D eigenvalue weighted by Gasteiger charge is 2.13. The van der Waals surface area contributed by atoms with E-state index in [-0.39, 0.29) is 5.15 Å². The van der Waals surface area contributed by atoms with Gasteiger partial charge in [-0.05, 0) is 12.8 Å². The van der Waals surface area contributed by atoms with Crippen molar-refractivity contribution in [3.05, 3.63) is 26.9 Å². The minimum absolute atomic E-state index is 0.224. The molecule has 4 nitrogen and oxygen atoms in total. The van der Waals surface area contributed by atoms with Crippen LogP contribution in [0, 0.1) is 0 Å². The first-order valence-corrected chi connectivity index (χ1v) is 5.49. The second-order valence-corrected chi connectivity index (χ2v) is 3.77. The molecule has 0 radical (unpaired) electrons. The number of rotatable bonds is 4. The molecule has 0 spiro atoms. The molecule has 5 heteroatoms.